The molecule has 1 radical (unpaired) electrons. The molecule has 0 unspecified atom stereocenters. The van der Waals surface area contributed by atoms with Crippen molar-refractivity contribution < 1.29 is 24.5 Å². The van der Waals surface area contributed by atoms with E-state index in [1.54, 1.807) is 10.8 Å². The van der Waals surface area contributed by atoms with Gasteiger partial charge in [-0.2, -0.15) is 0 Å². The van der Waals surface area contributed by atoms with Gasteiger partial charge >= 0.3 is 0 Å². The molecule has 0 N–H and O–H groups in total. The van der Waals surface area contributed by atoms with Gasteiger partial charge in [-0.3, -0.25) is 4.98 Å². The molecule has 263 valence electrons. The zero-order chi connectivity index (χ0) is 34.8. The molecular formula is C46H43IrN3OSi-2. The van der Waals surface area contributed by atoms with Gasteiger partial charge < -0.3 is 14.0 Å². The van der Waals surface area contributed by atoms with Crippen LogP contribution < -0.4 is 5.19 Å². The van der Waals surface area contributed by atoms with Gasteiger partial charge in [0, 0.05) is 37.4 Å². The van der Waals surface area contributed by atoms with E-state index in [9.17, 15) is 0 Å². The van der Waals surface area contributed by atoms with E-state index in [-0.39, 0.29) is 20.1 Å². The molecule has 3 aromatic heterocycles. The van der Waals surface area contributed by atoms with Crippen LogP contribution in [0.5, 0.6) is 0 Å². The fourth-order valence-corrected chi connectivity index (χ4v) is 9.22. The predicted octanol–water partition coefficient (Wildman–Crippen LogP) is 11.6. The summed E-state index contributed by atoms with van der Waals surface area (Å²) in [7, 11) is -1.36. The molecule has 0 amide bonds. The quantitative estimate of drug-likeness (QED) is 0.123. The summed E-state index contributed by atoms with van der Waals surface area (Å²) in [5.41, 5.74) is 9.38. The molecule has 0 spiro atoms. The Bertz CT molecular complexity index is 2420. The number of aromatic nitrogens is 3. The van der Waals surface area contributed by atoms with Crippen molar-refractivity contribution in [1.29, 1.82) is 0 Å². The normalized spacial score (nSPS) is 13.5. The summed E-state index contributed by atoms with van der Waals surface area (Å²) in [6.45, 7) is 7.30. The maximum atomic E-state index is 6.24. The van der Waals surface area contributed by atoms with Crippen molar-refractivity contribution in [2.45, 2.75) is 58.2 Å². The van der Waals surface area contributed by atoms with Crippen molar-refractivity contribution in [3.63, 3.8) is 0 Å². The van der Waals surface area contributed by atoms with Crippen LogP contribution in [0.2, 0.25) is 19.6 Å². The monoisotopic (exact) mass is 874 g/mol. The van der Waals surface area contributed by atoms with Gasteiger partial charge in [0.2, 0.25) is 0 Å². The molecule has 1 fully saturated rings. The standard InChI is InChI=1S/C25H15N2O.C21H28NSi.Ir/c1-2-9-17(10-3-1)27-22-15-6-5-14-21(22)26-25(27)20-13-8-12-19-18-11-4-7-16-23(18)28-24(19)20;1-23(2,3)21-16-22-20(18-12-8-5-9-13-18)15-19(21)14-17-10-6-4-7-11-17;/h1-12,14-16H;5,8-9,12,15-17H,4,6-7,10-11,14H2,1-3H3;/q2*-1;. The zero-order valence-electron chi connectivity index (χ0n) is 30.0. The van der Waals surface area contributed by atoms with E-state index in [1.165, 1.54) is 38.5 Å². The molecule has 0 aliphatic heterocycles. The molecule has 0 saturated heterocycles. The maximum absolute atomic E-state index is 6.24. The topological polar surface area (TPSA) is 43.9 Å². The molecule has 1 aliphatic rings. The number of fused-ring (bicyclic) bond motifs is 4. The summed E-state index contributed by atoms with van der Waals surface area (Å²) in [4.78, 5) is 9.72. The van der Waals surface area contributed by atoms with Crippen LogP contribution in [0.4, 0.5) is 0 Å². The van der Waals surface area contributed by atoms with Gasteiger partial charge in [-0.15, -0.1) is 54.1 Å². The van der Waals surface area contributed by atoms with E-state index in [0.717, 1.165) is 67.2 Å². The number of hydrogen-bond acceptors (Lipinski definition) is 3. The number of rotatable bonds is 6. The predicted molar refractivity (Wildman–Crippen MR) is 214 cm³/mol. The second-order valence-corrected chi connectivity index (χ2v) is 19.8. The molecule has 0 bridgehead atoms. The van der Waals surface area contributed by atoms with Gasteiger partial charge in [0.15, 0.2) is 0 Å². The van der Waals surface area contributed by atoms with Crippen LogP contribution in [0.3, 0.4) is 0 Å². The maximum Gasteiger partial charge on any atom is 0.120 e. The van der Waals surface area contributed by atoms with Crippen molar-refractivity contribution in [2.24, 2.45) is 5.92 Å². The third-order valence-corrected chi connectivity index (χ3v) is 12.2. The van der Waals surface area contributed by atoms with Crippen LogP contribution in [0.1, 0.15) is 37.7 Å². The first kappa shape index (κ1) is 35.8. The Morgan fingerprint density at radius 2 is 1.52 bits per heavy atom. The smallest absolute Gasteiger partial charge is 0.120 e. The molecule has 0 atom stereocenters. The van der Waals surface area contributed by atoms with Gasteiger partial charge in [0.25, 0.3) is 0 Å². The fraction of sp³-hybridized carbons (Fsp3) is 0.217. The molecule has 1 aliphatic carbocycles. The van der Waals surface area contributed by atoms with Gasteiger partial charge in [-0.25, -0.2) is 0 Å². The van der Waals surface area contributed by atoms with E-state index >= 15 is 0 Å². The zero-order valence-corrected chi connectivity index (χ0v) is 33.4. The minimum atomic E-state index is -1.36. The summed E-state index contributed by atoms with van der Waals surface area (Å²) in [5, 5.41) is 3.73. The number of furan rings is 1. The summed E-state index contributed by atoms with van der Waals surface area (Å²) >= 11 is 0. The summed E-state index contributed by atoms with van der Waals surface area (Å²) < 4.78 is 8.41. The van der Waals surface area contributed by atoms with Crippen LogP contribution in [0.25, 0.3) is 61.3 Å². The number of nitrogens with zero attached hydrogens (tertiary/aromatic N) is 3. The first-order valence-electron chi connectivity index (χ1n) is 18.3. The Kier molecular flexibility index (Phi) is 10.7. The second kappa shape index (κ2) is 15.6. The third-order valence-electron chi connectivity index (χ3n) is 10.2. The largest absolute Gasteiger partial charge is 0.501 e. The van der Waals surface area contributed by atoms with Gasteiger partial charge in [0.1, 0.15) is 5.58 Å². The van der Waals surface area contributed by atoms with Crippen LogP contribution in [-0.4, -0.2) is 22.6 Å². The van der Waals surface area contributed by atoms with Crippen molar-refractivity contribution in [2.75, 3.05) is 0 Å². The van der Waals surface area contributed by atoms with E-state index < -0.39 is 8.07 Å². The molecule has 1 saturated carbocycles. The average Bonchev–Trinajstić information content (AvgIpc) is 3.75. The molecule has 6 heteroatoms. The van der Waals surface area contributed by atoms with E-state index in [0.29, 0.717) is 0 Å². The minimum absolute atomic E-state index is 0. The van der Waals surface area contributed by atoms with Crippen LogP contribution in [0, 0.1) is 18.1 Å². The summed E-state index contributed by atoms with van der Waals surface area (Å²) in [6.07, 6.45) is 10.5. The van der Waals surface area contributed by atoms with Crippen LogP contribution in [0.15, 0.2) is 132 Å². The van der Waals surface area contributed by atoms with Crippen molar-refractivity contribution in [1.82, 2.24) is 14.5 Å². The van der Waals surface area contributed by atoms with Crippen LogP contribution >= 0.6 is 0 Å². The minimum Gasteiger partial charge on any atom is -0.501 e. The first-order valence-corrected chi connectivity index (χ1v) is 21.8. The van der Waals surface area contributed by atoms with Crippen molar-refractivity contribution in [3.05, 3.63) is 145 Å². The van der Waals surface area contributed by atoms with Crippen molar-refractivity contribution in [3.8, 4) is 28.3 Å². The third kappa shape index (κ3) is 7.34. The molecule has 5 aromatic carbocycles. The first-order chi connectivity index (χ1) is 24.9. The van der Waals surface area contributed by atoms with E-state index in [1.807, 2.05) is 72.8 Å². The SMILES string of the molecule is C[Si](C)(C)c1cnc(-c2[c-]cccc2)cc1CC1CCCCC1.[Ir].[c-]1ccc2c(oc3ccccc32)c1-c1nc2ccccc2n1-c1ccccc1. The molecule has 52 heavy (non-hydrogen) atoms. The number of benzene rings is 5. The molecular weight excluding hydrogens is 831 g/mol. The Morgan fingerprint density at radius 1 is 0.769 bits per heavy atom. The molecule has 4 nitrogen and oxygen atoms in total. The van der Waals surface area contributed by atoms with E-state index in [2.05, 4.69) is 91.1 Å². The number of para-hydroxylation sites is 4. The summed E-state index contributed by atoms with van der Waals surface area (Å²) in [5.74, 6) is 1.70. The van der Waals surface area contributed by atoms with Gasteiger partial charge in [-0.05, 0) is 53.6 Å². The Balaban J connectivity index is 0.000000162. The molecule has 8 aromatic rings. The molecule has 3 heterocycles. The van der Waals surface area contributed by atoms with Gasteiger partial charge in [0.05, 0.1) is 30.5 Å². The number of imidazole rings is 1. The fourth-order valence-electron chi connectivity index (χ4n) is 7.63. The van der Waals surface area contributed by atoms with Gasteiger partial charge in [-0.1, -0.05) is 123 Å². The molecule has 9 rings (SSSR count). The average molecular weight is 874 g/mol. The Labute approximate surface area is 321 Å². The Morgan fingerprint density at radius 3 is 2.31 bits per heavy atom. The van der Waals surface area contributed by atoms with Crippen molar-refractivity contribution >= 4 is 46.2 Å². The number of hydrogen-bond donors (Lipinski definition) is 0. The second-order valence-electron chi connectivity index (χ2n) is 14.7. The van der Waals surface area contributed by atoms with E-state index in [4.69, 9.17) is 14.4 Å². The van der Waals surface area contributed by atoms with Crippen LogP contribution in [-0.2, 0) is 26.5 Å². The Hall–Kier alpha value is -4.61. The summed E-state index contributed by atoms with van der Waals surface area (Å²) in [6, 6.07) is 47.8. The number of pyridine rings is 1.